The van der Waals surface area contributed by atoms with Crippen molar-refractivity contribution in [1.29, 1.82) is 0 Å². The van der Waals surface area contributed by atoms with Crippen LogP contribution in [-0.2, 0) is 0 Å². The van der Waals surface area contributed by atoms with Gasteiger partial charge in [-0.05, 0) is 42.0 Å². The van der Waals surface area contributed by atoms with Crippen molar-refractivity contribution in [3.63, 3.8) is 0 Å². The number of amides is 1. The van der Waals surface area contributed by atoms with Gasteiger partial charge < -0.3 is 9.26 Å². The van der Waals surface area contributed by atoms with E-state index in [9.17, 15) is 9.18 Å². The highest BCUT2D eigenvalue weighted by Gasteiger charge is 2.15. The standard InChI is InChI=1S/C17H13FN2O3/c1-22-14-8-4-11(5-9-14)15-10-19-23-17(15)20-16(21)12-2-6-13(18)7-3-12/h2-10H,1H3,(H,20,21). The topological polar surface area (TPSA) is 64.4 Å². The normalized spacial score (nSPS) is 10.3. The molecule has 6 heteroatoms. The van der Waals surface area contributed by atoms with Gasteiger partial charge in [0.2, 0.25) is 5.88 Å². The molecule has 0 atom stereocenters. The Morgan fingerprint density at radius 2 is 1.83 bits per heavy atom. The van der Waals surface area contributed by atoms with E-state index < -0.39 is 11.7 Å². The summed E-state index contributed by atoms with van der Waals surface area (Å²) < 4.78 is 23.1. The molecule has 116 valence electrons. The first-order valence-corrected chi connectivity index (χ1v) is 6.83. The Morgan fingerprint density at radius 1 is 1.13 bits per heavy atom. The van der Waals surface area contributed by atoms with Crippen molar-refractivity contribution in [2.45, 2.75) is 0 Å². The SMILES string of the molecule is COc1ccc(-c2cnoc2NC(=O)c2ccc(F)cc2)cc1. The number of carbonyl (C=O) groups excluding carboxylic acids is 1. The Labute approximate surface area is 131 Å². The molecule has 5 nitrogen and oxygen atoms in total. The maximum Gasteiger partial charge on any atom is 0.258 e. The number of methoxy groups -OCH3 is 1. The lowest BCUT2D eigenvalue weighted by Crippen LogP contribution is -2.11. The van der Waals surface area contributed by atoms with E-state index in [0.717, 1.165) is 11.3 Å². The molecule has 23 heavy (non-hydrogen) atoms. The second-order valence-corrected chi connectivity index (χ2v) is 4.76. The van der Waals surface area contributed by atoms with Gasteiger partial charge in [0.25, 0.3) is 5.91 Å². The third-order valence-corrected chi connectivity index (χ3v) is 3.30. The quantitative estimate of drug-likeness (QED) is 0.797. The average Bonchev–Trinajstić information content (AvgIpc) is 3.03. The molecular weight excluding hydrogens is 299 g/mol. The van der Waals surface area contributed by atoms with E-state index in [0.29, 0.717) is 11.1 Å². The van der Waals surface area contributed by atoms with Crippen LogP contribution in [-0.4, -0.2) is 18.2 Å². The van der Waals surface area contributed by atoms with Crippen molar-refractivity contribution in [1.82, 2.24) is 5.16 Å². The summed E-state index contributed by atoms with van der Waals surface area (Å²) in [4.78, 5) is 12.2. The summed E-state index contributed by atoms with van der Waals surface area (Å²) in [5.74, 6) is 0.142. The number of carbonyl (C=O) groups is 1. The van der Waals surface area contributed by atoms with Crippen molar-refractivity contribution in [2.75, 3.05) is 12.4 Å². The molecule has 0 fully saturated rings. The molecule has 1 aromatic heterocycles. The Kier molecular flexibility index (Phi) is 4.05. The van der Waals surface area contributed by atoms with Crippen LogP contribution in [0.25, 0.3) is 11.1 Å². The van der Waals surface area contributed by atoms with Crippen molar-refractivity contribution in [3.05, 3.63) is 66.1 Å². The summed E-state index contributed by atoms with van der Waals surface area (Å²) in [5.41, 5.74) is 1.79. The number of nitrogens with one attached hydrogen (secondary N) is 1. The minimum atomic E-state index is -0.406. The number of anilines is 1. The summed E-state index contributed by atoms with van der Waals surface area (Å²) in [6, 6.07) is 12.5. The number of benzene rings is 2. The fourth-order valence-corrected chi connectivity index (χ4v) is 2.08. The minimum Gasteiger partial charge on any atom is -0.497 e. The largest absolute Gasteiger partial charge is 0.497 e. The fourth-order valence-electron chi connectivity index (χ4n) is 2.08. The van der Waals surface area contributed by atoms with E-state index in [2.05, 4.69) is 10.5 Å². The highest BCUT2D eigenvalue weighted by molar-refractivity contribution is 6.05. The fraction of sp³-hybridized carbons (Fsp3) is 0.0588. The predicted octanol–water partition coefficient (Wildman–Crippen LogP) is 3.74. The van der Waals surface area contributed by atoms with Crippen LogP contribution in [0, 0.1) is 5.82 Å². The molecule has 0 radical (unpaired) electrons. The predicted molar refractivity (Wildman–Crippen MR) is 82.8 cm³/mol. The summed E-state index contributed by atoms with van der Waals surface area (Å²) in [7, 11) is 1.59. The molecule has 2 aromatic carbocycles. The molecule has 3 aromatic rings. The maximum atomic E-state index is 12.9. The zero-order chi connectivity index (χ0) is 16.2. The second kappa shape index (κ2) is 6.31. The number of hydrogen-bond acceptors (Lipinski definition) is 4. The summed E-state index contributed by atoms with van der Waals surface area (Å²) >= 11 is 0. The van der Waals surface area contributed by atoms with Gasteiger partial charge in [0, 0.05) is 5.56 Å². The molecule has 0 saturated heterocycles. The highest BCUT2D eigenvalue weighted by atomic mass is 19.1. The van der Waals surface area contributed by atoms with Crippen LogP contribution in [0.15, 0.2) is 59.3 Å². The van der Waals surface area contributed by atoms with E-state index in [1.54, 1.807) is 19.2 Å². The van der Waals surface area contributed by atoms with E-state index >= 15 is 0 Å². The zero-order valence-electron chi connectivity index (χ0n) is 12.2. The minimum absolute atomic E-state index is 0.226. The number of rotatable bonds is 4. The second-order valence-electron chi connectivity index (χ2n) is 4.76. The number of hydrogen-bond donors (Lipinski definition) is 1. The third kappa shape index (κ3) is 3.21. The van der Waals surface area contributed by atoms with Crippen molar-refractivity contribution >= 4 is 11.8 Å². The zero-order valence-corrected chi connectivity index (χ0v) is 12.2. The van der Waals surface area contributed by atoms with Crippen molar-refractivity contribution < 1.29 is 18.4 Å². The molecule has 0 aliphatic heterocycles. The first-order valence-electron chi connectivity index (χ1n) is 6.83. The van der Waals surface area contributed by atoms with Gasteiger partial charge in [0.1, 0.15) is 11.6 Å². The van der Waals surface area contributed by atoms with Crippen molar-refractivity contribution in [3.8, 4) is 16.9 Å². The van der Waals surface area contributed by atoms with Gasteiger partial charge in [-0.15, -0.1) is 0 Å². The molecule has 0 spiro atoms. The van der Waals surface area contributed by atoms with Crippen LogP contribution in [0.2, 0.25) is 0 Å². The van der Waals surface area contributed by atoms with E-state index in [1.165, 1.54) is 30.5 Å². The van der Waals surface area contributed by atoms with Gasteiger partial charge in [0.05, 0.1) is 18.9 Å². The number of halogens is 1. The van der Waals surface area contributed by atoms with Crippen LogP contribution < -0.4 is 10.1 Å². The smallest absolute Gasteiger partial charge is 0.258 e. The van der Waals surface area contributed by atoms with Gasteiger partial charge in [-0.25, -0.2) is 4.39 Å². The Morgan fingerprint density at radius 3 is 2.48 bits per heavy atom. The summed E-state index contributed by atoms with van der Waals surface area (Å²) in [5, 5.41) is 6.35. The Balaban J connectivity index is 1.83. The molecule has 1 N–H and O–H groups in total. The number of nitrogens with zero attached hydrogens (tertiary/aromatic N) is 1. The van der Waals surface area contributed by atoms with E-state index in [-0.39, 0.29) is 5.88 Å². The molecular formula is C17H13FN2O3. The number of ether oxygens (including phenoxy) is 1. The molecule has 1 amide bonds. The molecule has 0 bridgehead atoms. The first kappa shape index (κ1) is 14.8. The van der Waals surface area contributed by atoms with Gasteiger partial charge in [-0.1, -0.05) is 17.3 Å². The molecule has 0 aliphatic carbocycles. The Hall–Kier alpha value is -3.15. The summed E-state index contributed by atoms with van der Waals surface area (Å²) in [6.45, 7) is 0. The van der Waals surface area contributed by atoms with Crippen LogP contribution in [0.3, 0.4) is 0 Å². The van der Waals surface area contributed by atoms with Crippen LogP contribution >= 0.6 is 0 Å². The highest BCUT2D eigenvalue weighted by Crippen LogP contribution is 2.29. The van der Waals surface area contributed by atoms with Gasteiger partial charge in [-0.3, -0.25) is 10.1 Å². The van der Waals surface area contributed by atoms with Crippen LogP contribution in [0.5, 0.6) is 5.75 Å². The monoisotopic (exact) mass is 312 g/mol. The lowest BCUT2D eigenvalue weighted by atomic mass is 10.1. The van der Waals surface area contributed by atoms with Crippen molar-refractivity contribution in [2.24, 2.45) is 0 Å². The molecule has 0 aliphatic rings. The molecule has 1 heterocycles. The van der Waals surface area contributed by atoms with Gasteiger partial charge in [-0.2, -0.15) is 0 Å². The molecule has 0 saturated carbocycles. The molecule has 3 rings (SSSR count). The number of aromatic nitrogens is 1. The van der Waals surface area contributed by atoms with Gasteiger partial charge >= 0.3 is 0 Å². The maximum absolute atomic E-state index is 12.9. The van der Waals surface area contributed by atoms with Gasteiger partial charge in [0.15, 0.2) is 0 Å². The first-order chi connectivity index (χ1) is 11.2. The molecule has 0 unspecified atom stereocenters. The third-order valence-electron chi connectivity index (χ3n) is 3.30. The van der Waals surface area contributed by atoms with Crippen LogP contribution in [0.1, 0.15) is 10.4 Å². The van der Waals surface area contributed by atoms with E-state index in [4.69, 9.17) is 9.26 Å². The van der Waals surface area contributed by atoms with E-state index in [1.807, 2.05) is 12.1 Å². The Bertz CT molecular complexity index is 811. The lowest BCUT2D eigenvalue weighted by Gasteiger charge is -2.05. The summed E-state index contributed by atoms with van der Waals surface area (Å²) in [6.07, 6.45) is 1.52. The lowest BCUT2D eigenvalue weighted by molar-refractivity contribution is 0.102. The average molecular weight is 312 g/mol. The van der Waals surface area contributed by atoms with Crippen LogP contribution in [0.4, 0.5) is 10.3 Å².